The van der Waals surface area contributed by atoms with Gasteiger partial charge < -0.3 is 9.47 Å². The molecule has 22 heavy (non-hydrogen) atoms. The van der Waals surface area contributed by atoms with Gasteiger partial charge in [0.05, 0.1) is 19.5 Å². The molecule has 2 fully saturated rings. The number of ether oxygens (including phenoxy) is 2. The predicted octanol–water partition coefficient (Wildman–Crippen LogP) is 2.42. The van der Waals surface area contributed by atoms with E-state index in [2.05, 4.69) is 4.72 Å². The molecule has 0 aliphatic heterocycles. The summed E-state index contributed by atoms with van der Waals surface area (Å²) in [6.45, 7) is 0. The molecule has 1 aromatic carbocycles. The number of benzene rings is 1. The monoisotopic (exact) mass is 325 g/mol. The van der Waals surface area contributed by atoms with Gasteiger partial charge in [-0.15, -0.1) is 0 Å². The van der Waals surface area contributed by atoms with E-state index in [9.17, 15) is 8.42 Å². The van der Waals surface area contributed by atoms with Crippen LogP contribution in [0, 0.1) is 0 Å². The second kappa shape index (κ2) is 6.08. The Balaban J connectivity index is 1.73. The van der Waals surface area contributed by atoms with E-state index >= 15 is 0 Å². The Hall–Kier alpha value is -1.27. The van der Waals surface area contributed by atoms with Gasteiger partial charge in [-0.3, -0.25) is 0 Å². The van der Waals surface area contributed by atoms with Gasteiger partial charge in [-0.2, -0.15) is 0 Å². The first kappa shape index (κ1) is 15.6. The van der Waals surface area contributed by atoms with Gasteiger partial charge in [-0.05, 0) is 49.8 Å². The molecule has 0 heterocycles. The third kappa shape index (κ3) is 3.73. The number of methoxy groups -OCH3 is 1. The van der Waals surface area contributed by atoms with Crippen molar-refractivity contribution in [2.24, 2.45) is 0 Å². The van der Waals surface area contributed by atoms with E-state index in [4.69, 9.17) is 9.47 Å². The fraction of sp³-hybridized carbons (Fsp3) is 0.625. The fourth-order valence-electron chi connectivity index (χ4n) is 3.17. The van der Waals surface area contributed by atoms with Gasteiger partial charge in [0.2, 0.25) is 10.0 Å². The van der Waals surface area contributed by atoms with E-state index in [-0.39, 0.29) is 18.1 Å². The van der Waals surface area contributed by atoms with Crippen LogP contribution in [-0.2, 0) is 10.0 Å². The second-order valence-electron chi connectivity index (χ2n) is 6.27. The minimum atomic E-state index is -3.15. The smallest absolute Gasteiger partial charge is 0.208 e. The van der Waals surface area contributed by atoms with E-state index in [1.165, 1.54) is 19.1 Å². The molecule has 1 N–H and O–H groups in total. The molecule has 0 amide bonds. The van der Waals surface area contributed by atoms with E-state index in [1.54, 1.807) is 7.11 Å². The summed E-state index contributed by atoms with van der Waals surface area (Å²) in [4.78, 5) is 0. The maximum Gasteiger partial charge on any atom is 0.208 e. The van der Waals surface area contributed by atoms with Gasteiger partial charge in [0.15, 0.2) is 11.5 Å². The lowest BCUT2D eigenvalue weighted by molar-refractivity contribution is 0.200. The molecule has 122 valence electrons. The maximum atomic E-state index is 11.3. The summed E-state index contributed by atoms with van der Waals surface area (Å²) in [6, 6.07) is 5.92. The summed E-state index contributed by atoms with van der Waals surface area (Å²) < 4.78 is 36.7. The lowest BCUT2D eigenvalue weighted by atomic mass is 10.1. The van der Waals surface area contributed by atoms with Crippen LogP contribution >= 0.6 is 0 Å². The fourth-order valence-corrected chi connectivity index (χ4v) is 3.98. The van der Waals surface area contributed by atoms with Gasteiger partial charge in [0.25, 0.3) is 0 Å². The molecular weight excluding hydrogens is 302 g/mol. The minimum Gasteiger partial charge on any atom is -0.493 e. The highest BCUT2D eigenvalue weighted by Gasteiger charge is 2.40. The average Bonchev–Trinajstić information content (AvgIpc) is 2.99. The van der Waals surface area contributed by atoms with Gasteiger partial charge in [0, 0.05) is 12.0 Å². The normalized spacial score (nSPS) is 25.2. The average molecular weight is 325 g/mol. The van der Waals surface area contributed by atoms with Crippen LogP contribution in [0.4, 0.5) is 0 Å². The molecule has 0 bridgehead atoms. The summed E-state index contributed by atoms with van der Waals surface area (Å²) in [5.41, 5.74) is 1.11. The standard InChI is InChI=1S/C16H23NO4S/c1-20-15-8-7-11(13-10-14(13)17-22(2,18)19)9-16(15)21-12-5-3-4-6-12/h7-9,12-14,17H,3-6,10H2,1-2H3/t13-,14+/m0/s1. The van der Waals surface area contributed by atoms with E-state index in [1.807, 2.05) is 18.2 Å². The quantitative estimate of drug-likeness (QED) is 0.872. The van der Waals surface area contributed by atoms with Crippen LogP contribution in [0.25, 0.3) is 0 Å². The molecule has 3 rings (SSSR count). The van der Waals surface area contributed by atoms with Crippen molar-refractivity contribution >= 4 is 10.0 Å². The van der Waals surface area contributed by atoms with Crippen LogP contribution in [0.1, 0.15) is 43.6 Å². The summed E-state index contributed by atoms with van der Waals surface area (Å²) in [6.07, 6.45) is 6.93. The Bertz CT molecular complexity index is 638. The Morgan fingerprint density at radius 3 is 2.55 bits per heavy atom. The second-order valence-corrected chi connectivity index (χ2v) is 8.05. The number of hydrogen-bond acceptors (Lipinski definition) is 4. The van der Waals surface area contributed by atoms with Crippen molar-refractivity contribution in [1.29, 1.82) is 0 Å². The van der Waals surface area contributed by atoms with Crippen LogP contribution in [0.2, 0.25) is 0 Å². The van der Waals surface area contributed by atoms with Crippen LogP contribution < -0.4 is 14.2 Å². The Kier molecular flexibility index (Phi) is 4.32. The lowest BCUT2D eigenvalue weighted by Crippen LogP contribution is -2.25. The highest BCUT2D eigenvalue weighted by molar-refractivity contribution is 7.88. The molecule has 6 heteroatoms. The molecule has 2 aliphatic rings. The zero-order valence-corrected chi connectivity index (χ0v) is 13.9. The molecule has 0 saturated heterocycles. The van der Waals surface area contributed by atoms with Crippen LogP contribution in [0.5, 0.6) is 11.5 Å². The SMILES string of the molecule is COc1ccc([C@@H]2C[C@H]2NS(C)(=O)=O)cc1OC1CCCC1. The van der Waals surface area contributed by atoms with Crippen molar-refractivity contribution in [2.45, 2.75) is 50.2 Å². The lowest BCUT2D eigenvalue weighted by Gasteiger charge is -2.17. The molecule has 0 radical (unpaired) electrons. The molecule has 0 spiro atoms. The summed E-state index contributed by atoms with van der Waals surface area (Å²) in [7, 11) is -1.51. The van der Waals surface area contributed by atoms with Crippen molar-refractivity contribution in [1.82, 2.24) is 4.72 Å². The van der Waals surface area contributed by atoms with Crippen LogP contribution in [-0.4, -0.2) is 33.9 Å². The number of sulfonamides is 1. The minimum absolute atomic E-state index is 0.00252. The first-order chi connectivity index (χ1) is 10.5. The van der Waals surface area contributed by atoms with Crippen molar-refractivity contribution in [3.8, 4) is 11.5 Å². The van der Waals surface area contributed by atoms with Crippen molar-refractivity contribution in [2.75, 3.05) is 13.4 Å². The molecule has 0 aromatic heterocycles. The highest BCUT2D eigenvalue weighted by Crippen LogP contribution is 2.44. The summed E-state index contributed by atoms with van der Waals surface area (Å²) >= 11 is 0. The predicted molar refractivity (Wildman–Crippen MR) is 85.0 cm³/mol. The Morgan fingerprint density at radius 2 is 1.91 bits per heavy atom. The van der Waals surface area contributed by atoms with E-state index in [0.717, 1.165) is 36.3 Å². The van der Waals surface area contributed by atoms with Gasteiger partial charge in [-0.1, -0.05) is 6.07 Å². The van der Waals surface area contributed by atoms with Crippen LogP contribution in [0.3, 0.4) is 0 Å². The van der Waals surface area contributed by atoms with Crippen molar-refractivity contribution < 1.29 is 17.9 Å². The zero-order valence-electron chi connectivity index (χ0n) is 13.0. The molecule has 0 unspecified atom stereocenters. The Labute approximate surface area is 132 Å². The summed E-state index contributed by atoms with van der Waals surface area (Å²) in [5, 5.41) is 0. The molecule has 5 nitrogen and oxygen atoms in total. The molecular formula is C16H23NO4S. The zero-order chi connectivity index (χ0) is 15.7. The molecule has 2 saturated carbocycles. The number of rotatable bonds is 6. The number of hydrogen-bond donors (Lipinski definition) is 1. The first-order valence-corrected chi connectivity index (χ1v) is 9.67. The van der Waals surface area contributed by atoms with Gasteiger partial charge in [0.1, 0.15) is 0 Å². The number of nitrogens with one attached hydrogen (secondary N) is 1. The first-order valence-electron chi connectivity index (χ1n) is 7.78. The topological polar surface area (TPSA) is 64.6 Å². The summed E-state index contributed by atoms with van der Waals surface area (Å²) in [5.74, 6) is 1.74. The maximum absolute atomic E-state index is 11.3. The third-order valence-electron chi connectivity index (χ3n) is 4.37. The van der Waals surface area contributed by atoms with E-state index in [0.29, 0.717) is 0 Å². The van der Waals surface area contributed by atoms with Gasteiger partial charge in [-0.25, -0.2) is 13.1 Å². The van der Waals surface area contributed by atoms with Gasteiger partial charge >= 0.3 is 0 Å². The Morgan fingerprint density at radius 1 is 1.18 bits per heavy atom. The van der Waals surface area contributed by atoms with E-state index < -0.39 is 10.0 Å². The molecule has 1 aromatic rings. The molecule has 2 aliphatic carbocycles. The van der Waals surface area contributed by atoms with Crippen molar-refractivity contribution in [3.63, 3.8) is 0 Å². The largest absolute Gasteiger partial charge is 0.493 e. The molecule has 2 atom stereocenters. The highest BCUT2D eigenvalue weighted by atomic mass is 32.2. The third-order valence-corrected chi connectivity index (χ3v) is 5.10. The van der Waals surface area contributed by atoms with Crippen molar-refractivity contribution in [3.05, 3.63) is 23.8 Å². The van der Waals surface area contributed by atoms with Crippen LogP contribution in [0.15, 0.2) is 18.2 Å².